The Balaban J connectivity index is 1.82. The van der Waals surface area contributed by atoms with Gasteiger partial charge < -0.3 is 11.1 Å². The van der Waals surface area contributed by atoms with Crippen LogP contribution in [0.2, 0.25) is 0 Å². The van der Waals surface area contributed by atoms with Crippen molar-refractivity contribution < 1.29 is 4.79 Å². The minimum Gasteiger partial charge on any atom is -0.348 e. The first-order chi connectivity index (χ1) is 9.61. The summed E-state index contributed by atoms with van der Waals surface area (Å²) in [6.07, 6.45) is 3.58. The number of nitrogens with one attached hydrogen (secondary N) is 1. The monoisotopic (exact) mass is 295 g/mol. The first-order valence-electron chi connectivity index (χ1n) is 7.35. The van der Waals surface area contributed by atoms with E-state index >= 15 is 0 Å². The molecule has 0 aromatic carbocycles. The molecule has 5 heteroatoms. The molecule has 0 bridgehead atoms. The van der Waals surface area contributed by atoms with Gasteiger partial charge in [0.25, 0.3) is 0 Å². The van der Waals surface area contributed by atoms with Crippen molar-refractivity contribution in [2.75, 3.05) is 20.1 Å². The van der Waals surface area contributed by atoms with E-state index < -0.39 is 0 Å². The van der Waals surface area contributed by atoms with Crippen LogP contribution in [-0.4, -0.2) is 37.0 Å². The minimum atomic E-state index is 0.0878. The average Bonchev–Trinajstić information content (AvgIpc) is 3.09. The molecule has 1 aromatic rings. The molecule has 112 valence electrons. The highest BCUT2D eigenvalue weighted by molar-refractivity contribution is 7.10. The third kappa shape index (κ3) is 3.81. The van der Waals surface area contributed by atoms with Crippen LogP contribution in [0.15, 0.2) is 17.5 Å². The Labute approximate surface area is 125 Å². The van der Waals surface area contributed by atoms with E-state index in [1.165, 1.54) is 17.7 Å². The van der Waals surface area contributed by atoms with E-state index in [9.17, 15) is 4.79 Å². The van der Waals surface area contributed by atoms with Crippen LogP contribution < -0.4 is 11.1 Å². The van der Waals surface area contributed by atoms with Crippen molar-refractivity contribution in [3.05, 3.63) is 22.4 Å². The maximum atomic E-state index is 12.1. The number of thiophene rings is 1. The van der Waals surface area contributed by atoms with Crippen LogP contribution in [0.3, 0.4) is 0 Å². The van der Waals surface area contributed by atoms with E-state index in [4.69, 9.17) is 5.73 Å². The lowest BCUT2D eigenvalue weighted by molar-refractivity contribution is -0.123. The molecule has 3 unspecified atom stereocenters. The number of carbonyl (C=O) groups excluding carboxylic acids is 1. The molecule has 1 fully saturated rings. The second-order valence-electron chi connectivity index (χ2n) is 5.71. The van der Waals surface area contributed by atoms with E-state index in [1.807, 2.05) is 25.4 Å². The topological polar surface area (TPSA) is 58.4 Å². The van der Waals surface area contributed by atoms with E-state index in [-0.39, 0.29) is 11.9 Å². The van der Waals surface area contributed by atoms with Crippen molar-refractivity contribution in [1.29, 1.82) is 0 Å². The SMILES string of the molecule is CC(NC(=O)CN(C)C1CCCC1CN)c1cccs1. The highest BCUT2D eigenvalue weighted by atomic mass is 32.1. The molecule has 1 amide bonds. The zero-order valence-electron chi connectivity index (χ0n) is 12.3. The predicted molar refractivity (Wildman–Crippen MR) is 83.7 cm³/mol. The number of amides is 1. The number of carbonyl (C=O) groups is 1. The molecule has 1 saturated carbocycles. The van der Waals surface area contributed by atoms with E-state index in [0.29, 0.717) is 18.5 Å². The van der Waals surface area contributed by atoms with Crippen LogP contribution in [0.25, 0.3) is 0 Å². The number of nitrogens with two attached hydrogens (primary N) is 1. The van der Waals surface area contributed by atoms with Gasteiger partial charge in [0.1, 0.15) is 0 Å². The van der Waals surface area contributed by atoms with Gasteiger partial charge in [0.05, 0.1) is 12.6 Å². The molecule has 1 heterocycles. The second-order valence-corrected chi connectivity index (χ2v) is 6.69. The van der Waals surface area contributed by atoms with Crippen molar-refractivity contribution in [2.24, 2.45) is 11.7 Å². The Bertz CT molecular complexity index is 421. The number of hydrogen-bond acceptors (Lipinski definition) is 4. The fourth-order valence-corrected chi connectivity index (χ4v) is 3.85. The molecular weight excluding hydrogens is 270 g/mol. The van der Waals surface area contributed by atoms with Crippen LogP contribution in [0, 0.1) is 5.92 Å². The number of nitrogens with zero attached hydrogens (tertiary/aromatic N) is 1. The summed E-state index contributed by atoms with van der Waals surface area (Å²) < 4.78 is 0. The Morgan fingerprint density at radius 3 is 3.05 bits per heavy atom. The molecule has 3 N–H and O–H groups in total. The second kappa shape index (κ2) is 7.20. The third-order valence-electron chi connectivity index (χ3n) is 4.23. The number of hydrogen-bond donors (Lipinski definition) is 2. The first-order valence-corrected chi connectivity index (χ1v) is 8.23. The van der Waals surface area contributed by atoms with Gasteiger partial charge in [-0.15, -0.1) is 11.3 Å². The Hall–Kier alpha value is -0.910. The summed E-state index contributed by atoms with van der Waals surface area (Å²) in [6, 6.07) is 4.62. The van der Waals surface area contributed by atoms with Gasteiger partial charge in [-0.1, -0.05) is 12.5 Å². The van der Waals surface area contributed by atoms with E-state index in [0.717, 1.165) is 13.0 Å². The maximum Gasteiger partial charge on any atom is 0.234 e. The summed E-state index contributed by atoms with van der Waals surface area (Å²) in [5.41, 5.74) is 5.81. The van der Waals surface area contributed by atoms with Gasteiger partial charge >= 0.3 is 0 Å². The summed E-state index contributed by atoms with van der Waals surface area (Å²) in [5.74, 6) is 0.638. The summed E-state index contributed by atoms with van der Waals surface area (Å²) >= 11 is 1.68. The van der Waals surface area contributed by atoms with E-state index in [1.54, 1.807) is 11.3 Å². The zero-order valence-corrected chi connectivity index (χ0v) is 13.2. The Kier molecular flexibility index (Phi) is 5.57. The van der Waals surface area contributed by atoms with Crippen LogP contribution in [0.1, 0.15) is 37.1 Å². The van der Waals surface area contributed by atoms with Gasteiger partial charge in [-0.25, -0.2) is 0 Å². The average molecular weight is 295 g/mol. The van der Waals surface area contributed by atoms with Crippen molar-refractivity contribution in [3.63, 3.8) is 0 Å². The van der Waals surface area contributed by atoms with Crippen LogP contribution >= 0.6 is 11.3 Å². The van der Waals surface area contributed by atoms with Crippen LogP contribution in [-0.2, 0) is 4.79 Å². The lowest BCUT2D eigenvalue weighted by Gasteiger charge is -2.28. The Morgan fingerprint density at radius 1 is 1.60 bits per heavy atom. The molecule has 0 spiro atoms. The third-order valence-corrected chi connectivity index (χ3v) is 5.28. The van der Waals surface area contributed by atoms with Crippen LogP contribution in [0.5, 0.6) is 0 Å². The molecule has 1 aromatic heterocycles. The largest absolute Gasteiger partial charge is 0.348 e. The van der Waals surface area contributed by atoms with Gasteiger partial charge in [-0.3, -0.25) is 9.69 Å². The molecule has 3 atom stereocenters. The highest BCUT2D eigenvalue weighted by Gasteiger charge is 2.30. The number of likely N-dealkylation sites (N-methyl/N-ethyl adjacent to an activating group) is 1. The Morgan fingerprint density at radius 2 is 2.40 bits per heavy atom. The fourth-order valence-electron chi connectivity index (χ4n) is 3.11. The van der Waals surface area contributed by atoms with Crippen LogP contribution in [0.4, 0.5) is 0 Å². The molecule has 0 radical (unpaired) electrons. The molecule has 0 saturated heterocycles. The standard InChI is InChI=1S/C15H25N3OS/c1-11(14-7-4-8-20-14)17-15(19)10-18(2)13-6-3-5-12(13)9-16/h4,7-8,11-13H,3,5-6,9-10,16H2,1-2H3,(H,17,19). The molecule has 4 nitrogen and oxygen atoms in total. The number of rotatable bonds is 6. The molecular formula is C15H25N3OS. The van der Waals surface area contributed by atoms with Gasteiger partial charge in [0.2, 0.25) is 5.91 Å². The molecule has 20 heavy (non-hydrogen) atoms. The highest BCUT2D eigenvalue weighted by Crippen LogP contribution is 2.28. The molecule has 2 rings (SSSR count). The first kappa shape index (κ1) is 15.5. The van der Waals surface area contributed by atoms with Crippen molar-refractivity contribution in [3.8, 4) is 0 Å². The maximum absolute atomic E-state index is 12.1. The lowest BCUT2D eigenvalue weighted by Crippen LogP contribution is -2.44. The summed E-state index contributed by atoms with van der Waals surface area (Å²) in [7, 11) is 2.04. The predicted octanol–water partition coefficient (Wildman–Crippen LogP) is 1.98. The molecule has 0 aliphatic heterocycles. The summed E-state index contributed by atoms with van der Waals surface area (Å²) in [6.45, 7) is 3.21. The van der Waals surface area contributed by atoms with Gasteiger partial charge in [-0.2, -0.15) is 0 Å². The lowest BCUT2D eigenvalue weighted by atomic mass is 10.0. The molecule has 1 aliphatic carbocycles. The quantitative estimate of drug-likeness (QED) is 0.844. The summed E-state index contributed by atoms with van der Waals surface area (Å²) in [4.78, 5) is 15.5. The van der Waals surface area contributed by atoms with Crippen molar-refractivity contribution >= 4 is 17.2 Å². The van der Waals surface area contributed by atoms with Crippen molar-refractivity contribution in [1.82, 2.24) is 10.2 Å². The molecule has 1 aliphatic rings. The minimum absolute atomic E-state index is 0.0878. The van der Waals surface area contributed by atoms with Gasteiger partial charge in [0, 0.05) is 10.9 Å². The normalized spacial score (nSPS) is 24.0. The van der Waals surface area contributed by atoms with E-state index in [2.05, 4.69) is 16.3 Å². The van der Waals surface area contributed by atoms with Crippen molar-refractivity contribution in [2.45, 2.75) is 38.3 Å². The fraction of sp³-hybridized carbons (Fsp3) is 0.667. The van der Waals surface area contributed by atoms with Gasteiger partial charge in [-0.05, 0) is 50.7 Å². The van der Waals surface area contributed by atoms with Gasteiger partial charge in [0.15, 0.2) is 0 Å². The zero-order chi connectivity index (χ0) is 14.5. The smallest absolute Gasteiger partial charge is 0.234 e. The summed E-state index contributed by atoms with van der Waals surface area (Å²) in [5, 5.41) is 5.10.